The van der Waals surface area contributed by atoms with Gasteiger partial charge in [0.1, 0.15) is 5.75 Å². The van der Waals surface area contributed by atoms with Gasteiger partial charge in [-0.15, -0.1) is 0 Å². The zero-order chi connectivity index (χ0) is 16.1. The standard InChI is InChI=1S/C19H26N2O/c1-13-4-8-16(12-14(13)2)19(21)18(20)11-7-15-5-9-17(22-3)10-6-15/h4-6,8-10,12,18-19H,7,11,20-21H2,1-3H3. The lowest BCUT2D eigenvalue weighted by Crippen LogP contribution is -2.34. The lowest BCUT2D eigenvalue weighted by atomic mass is 9.93. The summed E-state index contributed by atoms with van der Waals surface area (Å²) in [5, 5.41) is 0. The highest BCUT2D eigenvalue weighted by Crippen LogP contribution is 2.20. The number of hydrogen-bond acceptors (Lipinski definition) is 3. The van der Waals surface area contributed by atoms with Crippen LogP contribution in [-0.2, 0) is 6.42 Å². The fraction of sp³-hybridized carbons (Fsp3) is 0.368. The Morgan fingerprint density at radius 2 is 1.64 bits per heavy atom. The first-order valence-corrected chi connectivity index (χ1v) is 7.72. The summed E-state index contributed by atoms with van der Waals surface area (Å²) in [7, 11) is 1.67. The molecule has 0 radical (unpaired) electrons. The SMILES string of the molecule is COc1ccc(CCC(N)C(N)c2ccc(C)c(C)c2)cc1. The third-order valence-corrected chi connectivity index (χ3v) is 4.30. The van der Waals surface area contributed by atoms with Crippen LogP contribution < -0.4 is 16.2 Å². The Morgan fingerprint density at radius 1 is 0.955 bits per heavy atom. The van der Waals surface area contributed by atoms with E-state index in [-0.39, 0.29) is 12.1 Å². The van der Waals surface area contributed by atoms with Gasteiger partial charge in [0.05, 0.1) is 7.11 Å². The molecular weight excluding hydrogens is 272 g/mol. The molecule has 0 aliphatic heterocycles. The summed E-state index contributed by atoms with van der Waals surface area (Å²) in [5.74, 6) is 0.875. The molecule has 0 bridgehead atoms. The van der Waals surface area contributed by atoms with Crippen LogP contribution in [0.1, 0.15) is 34.7 Å². The molecule has 0 spiro atoms. The van der Waals surface area contributed by atoms with Gasteiger partial charge in [-0.3, -0.25) is 0 Å². The smallest absolute Gasteiger partial charge is 0.118 e. The van der Waals surface area contributed by atoms with Gasteiger partial charge in [-0.1, -0.05) is 30.3 Å². The fourth-order valence-electron chi connectivity index (χ4n) is 2.52. The molecule has 0 amide bonds. The molecule has 2 atom stereocenters. The van der Waals surface area contributed by atoms with Gasteiger partial charge >= 0.3 is 0 Å². The predicted molar refractivity (Wildman–Crippen MR) is 92.1 cm³/mol. The second-order valence-corrected chi connectivity index (χ2v) is 5.92. The molecule has 0 aliphatic carbocycles. The van der Waals surface area contributed by atoms with Crippen molar-refractivity contribution in [3.63, 3.8) is 0 Å². The second kappa shape index (κ2) is 7.43. The molecular formula is C19H26N2O. The lowest BCUT2D eigenvalue weighted by molar-refractivity contribution is 0.414. The molecule has 0 heterocycles. The van der Waals surface area contributed by atoms with Gasteiger partial charge in [0.15, 0.2) is 0 Å². The van der Waals surface area contributed by atoms with Gasteiger partial charge in [0, 0.05) is 12.1 Å². The number of rotatable bonds is 6. The molecule has 2 unspecified atom stereocenters. The molecule has 0 aromatic heterocycles. The van der Waals surface area contributed by atoms with Crippen molar-refractivity contribution in [2.24, 2.45) is 11.5 Å². The minimum absolute atomic E-state index is 0.0517. The van der Waals surface area contributed by atoms with Gasteiger partial charge in [-0.05, 0) is 61.1 Å². The van der Waals surface area contributed by atoms with Crippen molar-refractivity contribution in [2.45, 2.75) is 38.8 Å². The molecule has 3 heteroatoms. The Hall–Kier alpha value is -1.84. The van der Waals surface area contributed by atoms with Gasteiger partial charge in [0.25, 0.3) is 0 Å². The number of ether oxygens (including phenoxy) is 1. The number of nitrogens with two attached hydrogens (primary N) is 2. The van der Waals surface area contributed by atoms with Gasteiger partial charge in [-0.2, -0.15) is 0 Å². The van der Waals surface area contributed by atoms with Gasteiger partial charge in [-0.25, -0.2) is 0 Å². The van der Waals surface area contributed by atoms with Gasteiger partial charge < -0.3 is 16.2 Å². The van der Waals surface area contributed by atoms with Crippen molar-refractivity contribution < 1.29 is 4.74 Å². The van der Waals surface area contributed by atoms with Crippen LogP contribution in [0, 0.1) is 13.8 Å². The Balaban J connectivity index is 1.95. The van der Waals surface area contributed by atoms with Gasteiger partial charge in [0.2, 0.25) is 0 Å². The van der Waals surface area contributed by atoms with E-state index < -0.39 is 0 Å². The first-order chi connectivity index (χ1) is 10.5. The summed E-state index contributed by atoms with van der Waals surface area (Å²) in [6.07, 6.45) is 1.78. The van der Waals surface area contributed by atoms with Crippen molar-refractivity contribution in [1.82, 2.24) is 0 Å². The molecule has 3 nitrogen and oxygen atoms in total. The summed E-state index contributed by atoms with van der Waals surface area (Å²) in [6.45, 7) is 4.21. The summed E-state index contributed by atoms with van der Waals surface area (Å²) >= 11 is 0. The maximum absolute atomic E-state index is 6.32. The highest BCUT2D eigenvalue weighted by molar-refractivity contribution is 5.32. The Labute approximate surface area is 133 Å². The Kier molecular flexibility index (Phi) is 5.58. The van der Waals surface area contributed by atoms with Crippen molar-refractivity contribution in [2.75, 3.05) is 7.11 Å². The van der Waals surface area contributed by atoms with E-state index >= 15 is 0 Å². The van der Waals surface area contributed by atoms with Crippen LogP contribution in [0.5, 0.6) is 5.75 Å². The normalized spacial score (nSPS) is 13.7. The number of methoxy groups -OCH3 is 1. The minimum atomic E-state index is -0.127. The maximum Gasteiger partial charge on any atom is 0.118 e. The first kappa shape index (κ1) is 16.5. The molecule has 2 aromatic carbocycles. The van der Waals surface area contributed by atoms with E-state index in [9.17, 15) is 0 Å². The zero-order valence-electron chi connectivity index (χ0n) is 13.7. The van der Waals surface area contributed by atoms with E-state index in [0.29, 0.717) is 0 Å². The maximum atomic E-state index is 6.32. The number of hydrogen-bond donors (Lipinski definition) is 2. The predicted octanol–water partition coefficient (Wildman–Crippen LogP) is 3.27. The van der Waals surface area contributed by atoms with Crippen LogP contribution in [0.25, 0.3) is 0 Å². The molecule has 0 aliphatic rings. The molecule has 2 rings (SSSR count). The third kappa shape index (κ3) is 4.09. The highest BCUT2D eigenvalue weighted by Gasteiger charge is 2.15. The summed E-state index contributed by atoms with van der Waals surface area (Å²) in [5.41, 5.74) is 17.5. The topological polar surface area (TPSA) is 61.3 Å². The van der Waals surface area contributed by atoms with E-state index in [2.05, 4.69) is 44.2 Å². The minimum Gasteiger partial charge on any atom is -0.497 e. The molecule has 0 saturated carbocycles. The highest BCUT2D eigenvalue weighted by atomic mass is 16.5. The Morgan fingerprint density at radius 3 is 2.23 bits per heavy atom. The lowest BCUT2D eigenvalue weighted by Gasteiger charge is -2.21. The number of benzene rings is 2. The van der Waals surface area contributed by atoms with Crippen LogP contribution in [0.2, 0.25) is 0 Å². The summed E-state index contributed by atoms with van der Waals surface area (Å²) < 4.78 is 5.17. The van der Waals surface area contributed by atoms with E-state index in [1.54, 1.807) is 7.11 Å². The molecule has 118 valence electrons. The summed E-state index contributed by atoms with van der Waals surface area (Å²) in [6, 6.07) is 14.3. The number of aryl methyl sites for hydroxylation is 3. The largest absolute Gasteiger partial charge is 0.497 e. The van der Waals surface area contributed by atoms with Crippen LogP contribution in [0.3, 0.4) is 0 Å². The van der Waals surface area contributed by atoms with Crippen molar-refractivity contribution in [3.05, 3.63) is 64.7 Å². The molecule has 2 aromatic rings. The van der Waals surface area contributed by atoms with Crippen LogP contribution in [0.4, 0.5) is 0 Å². The van der Waals surface area contributed by atoms with E-state index in [0.717, 1.165) is 24.2 Å². The molecule has 0 fully saturated rings. The quantitative estimate of drug-likeness (QED) is 0.860. The van der Waals surface area contributed by atoms with E-state index in [1.807, 2.05) is 12.1 Å². The van der Waals surface area contributed by atoms with E-state index in [1.165, 1.54) is 16.7 Å². The molecule has 22 heavy (non-hydrogen) atoms. The monoisotopic (exact) mass is 298 g/mol. The van der Waals surface area contributed by atoms with E-state index in [4.69, 9.17) is 16.2 Å². The average Bonchev–Trinajstić information content (AvgIpc) is 2.55. The van der Waals surface area contributed by atoms with Crippen LogP contribution in [0.15, 0.2) is 42.5 Å². The fourth-order valence-corrected chi connectivity index (χ4v) is 2.52. The van der Waals surface area contributed by atoms with Crippen LogP contribution in [-0.4, -0.2) is 13.2 Å². The van der Waals surface area contributed by atoms with Crippen molar-refractivity contribution in [1.29, 1.82) is 0 Å². The first-order valence-electron chi connectivity index (χ1n) is 7.72. The molecule has 0 saturated heterocycles. The van der Waals surface area contributed by atoms with Crippen molar-refractivity contribution >= 4 is 0 Å². The average molecular weight is 298 g/mol. The van der Waals surface area contributed by atoms with Crippen molar-refractivity contribution in [3.8, 4) is 5.75 Å². The van der Waals surface area contributed by atoms with Crippen LogP contribution >= 0.6 is 0 Å². The third-order valence-electron chi connectivity index (χ3n) is 4.30. The zero-order valence-corrected chi connectivity index (χ0v) is 13.7. The molecule has 4 N–H and O–H groups in total. The Bertz CT molecular complexity index is 607. The summed E-state index contributed by atoms with van der Waals surface area (Å²) in [4.78, 5) is 0. The second-order valence-electron chi connectivity index (χ2n) is 5.92.